The number of hydrogen-bond donors (Lipinski definition) is 1. The van der Waals surface area contributed by atoms with Crippen LogP contribution in [0, 0.1) is 11.8 Å². The minimum absolute atomic E-state index is 0.723. The topological polar surface area (TPSA) is 38.5 Å². The molecule has 3 unspecified atom stereocenters. The third-order valence-electron chi connectivity index (χ3n) is 4.58. The molecule has 0 spiro atoms. The summed E-state index contributed by atoms with van der Waals surface area (Å²) in [4.78, 5) is 2.64. The molecule has 1 saturated carbocycles. The second kappa shape index (κ2) is 6.72. The van der Waals surface area contributed by atoms with Crippen molar-refractivity contribution in [2.45, 2.75) is 45.1 Å². The molecule has 0 amide bonds. The van der Waals surface area contributed by atoms with Gasteiger partial charge in [-0.2, -0.15) is 0 Å². The number of rotatable bonds is 4. The van der Waals surface area contributed by atoms with Gasteiger partial charge in [0.1, 0.15) is 0 Å². The Balaban J connectivity index is 1.93. The zero-order valence-electron chi connectivity index (χ0n) is 11.2. The van der Waals surface area contributed by atoms with Gasteiger partial charge in [0.05, 0.1) is 13.2 Å². The van der Waals surface area contributed by atoms with E-state index in [1.807, 2.05) is 0 Å². The van der Waals surface area contributed by atoms with Gasteiger partial charge in [0.15, 0.2) is 0 Å². The van der Waals surface area contributed by atoms with E-state index in [1.54, 1.807) is 0 Å². The number of nitrogens with two attached hydrogens (primary N) is 1. The quantitative estimate of drug-likeness (QED) is 0.815. The van der Waals surface area contributed by atoms with Crippen molar-refractivity contribution >= 4 is 0 Å². The Bertz CT molecular complexity index is 216. The van der Waals surface area contributed by atoms with E-state index in [1.165, 1.54) is 32.1 Å². The monoisotopic (exact) mass is 240 g/mol. The summed E-state index contributed by atoms with van der Waals surface area (Å²) in [6, 6.07) is 0.731. The van der Waals surface area contributed by atoms with Gasteiger partial charge in [-0.05, 0) is 31.2 Å². The fourth-order valence-electron chi connectivity index (χ4n) is 3.60. The SMILES string of the molecule is CCCC1CCC(CN)C(N2CCOCC2)C1. The molecule has 3 atom stereocenters. The Hall–Kier alpha value is -0.120. The lowest BCUT2D eigenvalue weighted by molar-refractivity contribution is -0.0141. The highest BCUT2D eigenvalue weighted by molar-refractivity contribution is 4.88. The fourth-order valence-corrected chi connectivity index (χ4v) is 3.60. The summed E-state index contributed by atoms with van der Waals surface area (Å²) in [5.74, 6) is 1.66. The highest BCUT2D eigenvalue weighted by Gasteiger charge is 2.33. The van der Waals surface area contributed by atoms with Gasteiger partial charge in [-0.15, -0.1) is 0 Å². The normalized spacial score (nSPS) is 36.0. The Kier molecular flexibility index (Phi) is 5.26. The van der Waals surface area contributed by atoms with Gasteiger partial charge in [0, 0.05) is 19.1 Å². The Morgan fingerprint density at radius 3 is 2.65 bits per heavy atom. The van der Waals surface area contributed by atoms with E-state index in [0.717, 1.165) is 50.7 Å². The molecule has 0 radical (unpaired) electrons. The van der Waals surface area contributed by atoms with Crippen LogP contribution in [0.5, 0.6) is 0 Å². The van der Waals surface area contributed by atoms with Crippen molar-refractivity contribution in [1.82, 2.24) is 4.90 Å². The smallest absolute Gasteiger partial charge is 0.0594 e. The first kappa shape index (κ1) is 13.3. The lowest BCUT2D eigenvalue weighted by atomic mass is 9.76. The highest BCUT2D eigenvalue weighted by atomic mass is 16.5. The second-order valence-electron chi connectivity index (χ2n) is 5.68. The van der Waals surface area contributed by atoms with E-state index >= 15 is 0 Å². The molecule has 0 aromatic heterocycles. The van der Waals surface area contributed by atoms with Crippen LogP contribution >= 0.6 is 0 Å². The molecule has 0 aromatic carbocycles. The van der Waals surface area contributed by atoms with Crippen LogP contribution in [0.15, 0.2) is 0 Å². The molecule has 1 aliphatic carbocycles. The van der Waals surface area contributed by atoms with E-state index in [4.69, 9.17) is 10.5 Å². The van der Waals surface area contributed by atoms with Gasteiger partial charge in [-0.1, -0.05) is 26.2 Å². The molecule has 100 valence electrons. The first-order valence-electron chi connectivity index (χ1n) is 7.37. The largest absolute Gasteiger partial charge is 0.379 e. The van der Waals surface area contributed by atoms with Gasteiger partial charge < -0.3 is 10.5 Å². The lowest BCUT2D eigenvalue weighted by Gasteiger charge is -2.44. The molecule has 3 nitrogen and oxygen atoms in total. The van der Waals surface area contributed by atoms with Gasteiger partial charge in [-0.3, -0.25) is 4.90 Å². The lowest BCUT2D eigenvalue weighted by Crippen LogP contribution is -2.51. The van der Waals surface area contributed by atoms with E-state index in [2.05, 4.69) is 11.8 Å². The Labute approximate surface area is 106 Å². The zero-order valence-corrected chi connectivity index (χ0v) is 11.2. The summed E-state index contributed by atoms with van der Waals surface area (Å²) in [6.07, 6.45) is 6.83. The maximum Gasteiger partial charge on any atom is 0.0594 e. The van der Waals surface area contributed by atoms with Crippen LogP contribution in [0.25, 0.3) is 0 Å². The van der Waals surface area contributed by atoms with Crippen LogP contribution in [0.2, 0.25) is 0 Å². The standard InChI is InChI=1S/C14H28N2O/c1-2-3-12-4-5-13(11-15)14(10-12)16-6-8-17-9-7-16/h12-14H,2-11,15H2,1H3. The van der Waals surface area contributed by atoms with Gasteiger partial charge in [0.25, 0.3) is 0 Å². The van der Waals surface area contributed by atoms with Crippen molar-refractivity contribution in [3.63, 3.8) is 0 Å². The minimum atomic E-state index is 0.723. The van der Waals surface area contributed by atoms with E-state index in [-0.39, 0.29) is 0 Å². The first-order chi connectivity index (χ1) is 8.35. The maximum absolute atomic E-state index is 5.96. The van der Waals surface area contributed by atoms with Crippen molar-refractivity contribution in [3.05, 3.63) is 0 Å². The summed E-state index contributed by atoms with van der Waals surface area (Å²) < 4.78 is 5.46. The molecule has 2 aliphatic rings. The fraction of sp³-hybridized carbons (Fsp3) is 1.00. The molecule has 1 aliphatic heterocycles. The molecular formula is C14H28N2O. The maximum atomic E-state index is 5.96. The van der Waals surface area contributed by atoms with Crippen LogP contribution in [0.3, 0.4) is 0 Å². The number of nitrogens with zero attached hydrogens (tertiary/aromatic N) is 1. The number of morpholine rings is 1. The van der Waals surface area contributed by atoms with Crippen LogP contribution in [0.1, 0.15) is 39.0 Å². The van der Waals surface area contributed by atoms with Crippen LogP contribution < -0.4 is 5.73 Å². The van der Waals surface area contributed by atoms with Gasteiger partial charge in [0.2, 0.25) is 0 Å². The van der Waals surface area contributed by atoms with Gasteiger partial charge in [-0.25, -0.2) is 0 Å². The average Bonchev–Trinajstić information content (AvgIpc) is 2.40. The van der Waals surface area contributed by atoms with Crippen molar-refractivity contribution in [3.8, 4) is 0 Å². The average molecular weight is 240 g/mol. The van der Waals surface area contributed by atoms with Crippen molar-refractivity contribution < 1.29 is 4.74 Å². The molecule has 3 heteroatoms. The molecule has 2 rings (SSSR count). The second-order valence-corrected chi connectivity index (χ2v) is 5.68. The number of ether oxygens (including phenoxy) is 1. The molecule has 1 heterocycles. The molecule has 0 aromatic rings. The first-order valence-corrected chi connectivity index (χ1v) is 7.37. The van der Waals surface area contributed by atoms with Gasteiger partial charge >= 0.3 is 0 Å². The number of hydrogen-bond acceptors (Lipinski definition) is 3. The molecule has 0 bridgehead atoms. The van der Waals surface area contributed by atoms with Crippen molar-refractivity contribution in [2.24, 2.45) is 17.6 Å². The summed E-state index contributed by atoms with van der Waals surface area (Å²) in [5.41, 5.74) is 5.96. The summed E-state index contributed by atoms with van der Waals surface area (Å²) in [6.45, 7) is 7.21. The van der Waals surface area contributed by atoms with E-state index < -0.39 is 0 Å². The van der Waals surface area contributed by atoms with Crippen molar-refractivity contribution in [2.75, 3.05) is 32.8 Å². The summed E-state index contributed by atoms with van der Waals surface area (Å²) in [5, 5.41) is 0. The van der Waals surface area contributed by atoms with E-state index in [0.29, 0.717) is 0 Å². The highest BCUT2D eigenvalue weighted by Crippen LogP contribution is 2.34. The molecule has 1 saturated heterocycles. The van der Waals surface area contributed by atoms with Crippen LogP contribution in [-0.2, 0) is 4.74 Å². The molecular weight excluding hydrogens is 212 g/mol. The minimum Gasteiger partial charge on any atom is -0.379 e. The zero-order chi connectivity index (χ0) is 12.1. The Morgan fingerprint density at radius 2 is 2.00 bits per heavy atom. The third kappa shape index (κ3) is 3.43. The molecule has 2 fully saturated rings. The van der Waals surface area contributed by atoms with Crippen LogP contribution in [-0.4, -0.2) is 43.8 Å². The third-order valence-corrected chi connectivity index (χ3v) is 4.58. The predicted molar refractivity (Wildman–Crippen MR) is 71.0 cm³/mol. The summed E-state index contributed by atoms with van der Waals surface area (Å²) in [7, 11) is 0. The molecule has 17 heavy (non-hydrogen) atoms. The summed E-state index contributed by atoms with van der Waals surface area (Å²) >= 11 is 0. The molecule has 2 N–H and O–H groups in total. The predicted octanol–water partition coefficient (Wildman–Crippen LogP) is 1.86. The van der Waals surface area contributed by atoms with Crippen molar-refractivity contribution in [1.29, 1.82) is 0 Å². The Morgan fingerprint density at radius 1 is 1.24 bits per heavy atom. The van der Waals surface area contributed by atoms with E-state index in [9.17, 15) is 0 Å². The van der Waals surface area contributed by atoms with Crippen LogP contribution in [0.4, 0.5) is 0 Å².